The first-order valence-electron chi connectivity index (χ1n) is 5.85. The van der Waals surface area contributed by atoms with Crippen molar-refractivity contribution in [1.29, 1.82) is 0 Å². The summed E-state index contributed by atoms with van der Waals surface area (Å²) >= 11 is 0. The number of nitrogens with zero attached hydrogens (tertiary/aromatic N) is 3. The van der Waals surface area contributed by atoms with Gasteiger partial charge in [-0.25, -0.2) is 9.37 Å². The number of hydrogen-bond acceptors (Lipinski definition) is 5. The Morgan fingerprint density at radius 3 is 2.67 bits per heavy atom. The second-order valence-electron chi connectivity index (χ2n) is 4.16. The summed E-state index contributed by atoms with van der Waals surface area (Å²) in [4.78, 5) is 27.4. The van der Waals surface area contributed by atoms with Crippen LogP contribution in [0.5, 0.6) is 0 Å². The van der Waals surface area contributed by atoms with E-state index in [1.165, 1.54) is 13.2 Å². The summed E-state index contributed by atoms with van der Waals surface area (Å²) in [6, 6.07) is 6.61. The predicted octanol–water partition coefficient (Wildman–Crippen LogP) is 1.99. The summed E-state index contributed by atoms with van der Waals surface area (Å²) in [5.74, 6) is -1.47. The minimum atomic E-state index is -0.925. The van der Waals surface area contributed by atoms with Crippen LogP contribution in [0.3, 0.4) is 0 Å². The number of carbonyl (C=O) groups is 1. The normalized spacial score (nSPS) is 10.2. The van der Waals surface area contributed by atoms with Crippen molar-refractivity contribution in [2.45, 2.75) is 0 Å². The Bertz CT molecular complexity index is 706. The molecule has 2 rings (SSSR count). The van der Waals surface area contributed by atoms with Crippen LogP contribution in [0.2, 0.25) is 0 Å². The molecule has 2 N–H and O–H groups in total. The molecule has 0 saturated heterocycles. The molecule has 1 aromatic heterocycles. The van der Waals surface area contributed by atoms with Crippen molar-refractivity contribution in [3.05, 3.63) is 58.0 Å². The smallest absolute Gasteiger partial charge is 0.293 e. The summed E-state index contributed by atoms with van der Waals surface area (Å²) in [5, 5.41) is 10.8. The molecule has 0 saturated carbocycles. The van der Waals surface area contributed by atoms with E-state index in [1.54, 1.807) is 18.2 Å². The fraction of sp³-hybridized carbons (Fsp3) is 0.0769. The lowest BCUT2D eigenvalue weighted by Crippen LogP contribution is -2.29. The van der Waals surface area contributed by atoms with Crippen LogP contribution < -0.4 is 10.6 Å². The average molecular weight is 290 g/mol. The fourth-order valence-corrected chi connectivity index (χ4v) is 1.78. The molecule has 0 radical (unpaired) electrons. The number of nitro benzene ring substituents is 1. The highest BCUT2D eigenvalue weighted by atomic mass is 19.1. The number of anilines is 2. The maximum absolute atomic E-state index is 13.8. The number of pyridine rings is 1. The van der Waals surface area contributed by atoms with Crippen LogP contribution in [-0.4, -0.2) is 22.9 Å². The number of amides is 1. The van der Waals surface area contributed by atoms with E-state index in [0.717, 1.165) is 17.0 Å². The monoisotopic (exact) mass is 290 g/mol. The van der Waals surface area contributed by atoms with Gasteiger partial charge in [0.1, 0.15) is 22.9 Å². The Morgan fingerprint density at radius 1 is 1.38 bits per heavy atom. The zero-order chi connectivity index (χ0) is 15.6. The van der Waals surface area contributed by atoms with Crippen LogP contribution in [0.25, 0.3) is 0 Å². The van der Waals surface area contributed by atoms with E-state index in [4.69, 9.17) is 5.73 Å². The lowest BCUT2D eigenvalue weighted by atomic mass is 10.1. The SMILES string of the molecule is CN(C(=O)c1c(F)ccc([N+](=O)[O-])c1N)c1ccccn1. The molecule has 0 fully saturated rings. The molecule has 2 aromatic rings. The number of nitro groups is 1. The Balaban J connectivity index is 2.49. The molecule has 8 heteroatoms. The number of carbonyl (C=O) groups excluding carboxylic acids is 1. The van der Waals surface area contributed by atoms with E-state index in [-0.39, 0.29) is 5.82 Å². The number of halogens is 1. The first-order chi connectivity index (χ1) is 9.93. The van der Waals surface area contributed by atoms with Crippen molar-refractivity contribution in [3.63, 3.8) is 0 Å². The van der Waals surface area contributed by atoms with Crippen LogP contribution in [0.15, 0.2) is 36.5 Å². The minimum Gasteiger partial charge on any atom is -0.392 e. The zero-order valence-corrected chi connectivity index (χ0v) is 11.0. The van der Waals surface area contributed by atoms with E-state index in [9.17, 15) is 19.3 Å². The van der Waals surface area contributed by atoms with Crippen molar-refractivity contribution in [3.8, 4) is 0 Å². The lowest BCUT2D eigenvalue weighted by Gasteiger charge is -2.17. The van der Waals surface area contributed by atoms with Gasteiger partial charge in [0.15, 0.2) is 0 Å². The second kappa shape index (κ2) is 5.53. The van der Waals surface area contributed by atoms with E-state index in [1.807, 2.05) is 0 Å². The third-order valence-electron chi connectivity index (χ3n) is 2.88. The standard InChI is InChI=1S/C13H11FN4O3/c1-17(10-4-2-3-7-16-10)13(19)11-8(14)5-6-9(12(11)15)18(20)21/h2-7H,15H2,1H3. The first-order valence-corrected chi connectivity index (χ1v) is 5.85. The van der Waals surface area contributed by atoms with Crippen molar-refractivity contribution in [1.82, 2.24) is 4.98 Å². The quantitative estimate of drug-likeness (QED) is 0.529. The van der Waals surface area contributed by atoms with Gasteiger partial charge in [-0.15, -0.1) is 0 Å². The van der Waals surface area contributed by atoms with Gasteiger partial charge in [0.2, 0.25) is 0 Å². The number of hydrogen-bond donors (Lipinski definition) is 1. The number of rotatable bonds is 3. The molecular weight excluding hydrogens is 279 g/mol. The fourth-order valence-electron chi connectivity index (χ4n) is 1.78. The number of benzene rings is 1. The van der Waals surface area contributed by atoms with Gasteiger partial charge in [0.25, 0.3) is 11.6 Å². The molecule has 7 nitrogen and oxygen atoms in total. The Kier molecular flexibility index (Phi) is 3.79. The average Bonchev–Trinajstić information content (AvgIpc) is 2.46. The minimum absolute atomic E-state index is 0.271. The molecule has 0 atom stereocenters. The number of aromatic nitrogens is 1. The highest BCUT2D eigenvalue weighted by molar-refractivity contribution is 6.09. The van der Waals surface area contributed by atoms with E-state index in [2.05, 4.69) is 4.98 Å². The lowest BCUT2D eigenvalue weighted by molar-refractivity contribution is -0.384. The molecule has 1 amide bonds. The first kappa shape index (κ1) is 14.4. The van der Waals surface area contributed by atoms with Gasteiger partial charge < -0.3 is 5.73 Å². The Hall–Kier alpha value is -3.03. The van der Waals surface area contributed by atoms with Crippen molar-refractivity contribution in [2.75, 3.05) is 17.7 Å². The molecule has 0 unspecified atom stereocenters. The van der Waals surface area contributed by atoms with Gasteiger partial charge in [-0.1, -0.05) is 6.07 Å². The summed E-state index contributed by atoms with van der Waals surface area (Å²) in [6.45, 7) is 0. The van der Waals surface area contributed by atoms with Gasteiger partial charge in [-0.05, 0) is 18.2 Å². The van der Waals surface area contributed by atoms with Crippen LogP contribution in [0.4, 0.5) is 21.6 Å². The molecule has 1 heterocycles. The largest absolute Gasteiger partial charge is 0.392 e. The van der Waals surface area contributed by atoms with Gasteiger partial charge in [0, 0.05) is 19.3 Å². The van der Waals surface area contributed by atoms with Crippen molar-refractivity contribution < 1.29 is 14.1 Å². The van der Waals surface area contributed by atoms with Crippen LogP contribution in [0, 0.1) is 15.9 Å². The highest BCUT2D eigenvalue weighted by Crippen LogP contribution is 2.29. The number of nitrogen functional groups attached to an aromatic ring is 1. The zero-order valence-electron chi connectivity index (χ0n) is 11.0. The maximum Gasteiger partial charge on any atom is 0.293 e. The summed E-state index contributed by atoms with van der Waals surface area (Å²) in [7, 11) is 1.38. The van der Waals surface area contributed by atoms with Gasteiger partial charge in [0.05, 0.1) is 4.92 Å². The molecule has 0 bridgehead atoms. The van der Waals surface area contributed by atoms with E-state index < -0.39 is 33.6 Å². The van der Waals surface area contributed by atoms with E-state index in [0.29, 0.717) is 0 Å². The molecule has 1 aromatic carbocycles. The summed E-state index contributed by atoms with van der Waals surface area (Å²) in [6.07, 6.45) is 1.46. The summed E-state index contributed by atoms with van der Waals surface area (Å²) < 4.78 is 13.8. The van der Waals surface area contributed by atoms with Gasteiger partial charge >= 0.3 is 0 Å². The molecule has 21 heavy (non-hydrogen) atoms. The Morgan fingerprint density at radius 2 is 2.10 bits per heavy atom. The van der Waals surface area contributed by atoms with Crippen LogP contribution in [0.1, 0.15) is 10.4 Å². The Labute approximate surface area is 119 Å². The molecule has 0 aliphatic heterocycles. The third-order valence-corrected chi connectivity index (χ3v) is 2.88. The number of nitrogens with two attached hydrogens (primary N) is 1. The molecule has 0 spiro atoms. The molecule has 0 aliphatic carbocycles. The predicted molar refractivity (Wildman–Crippen MR) is 74.4 cm³/mol. The van der Waals surface area contributed by atoms with Crippen molar-refractivity contribution >= 4 is 23.1 Å². The third kappa shape index (κ3) is 2.64. The molecular formula is C13H11FN4O3. The van der Waals surface area contributed by atoms with E-state index >= 15 is 0 Å². The van der Waals surface area contributed by atoms with Crippen LogP contribution >= 0.6 is 0 Å². The van der Waals surface area contributed by atoms with Gasteiger partial charge in [-0.3, -0.25) is 19.8 Å². The topological polar surface area (TPSA) is 102 Å². The maximum atomic E-state index is 13.8. The second-order valence-corrected chi connectivity index (χ2v) is 4.16. The van der Waals surface area contributed by atoms with Gasteiger partial charge in [-0.2, -0.15) is 0 Å². The van der Waals surface area contributed by atoms with Crippen molar-refractivity contribution in [2.24, 2.45) is 0 Å². The van der Waals surface area contributed by atoms with Crippen LogP contribution in [-0.2, 0) is 0 Å². The molecule has 108 valence electrons. The highest BCUT2D eigenvalue weighted by Gasteiger charge is 2.26. The summed E-state index contributed by atoms with van der Waals surface area (Å²) in [5.41, 5.74) is 3.98. The molecule has 0 aliphatic rings.